The molecule has 1 amide bonds. The van der Waals surface area contributed by atoms with Gasteiger partial charge in [-0.3, -0.25) is 9.48 Å². The van der Waals surface area contributed by atoms with Crippen LogP contribution in [0.15, 0.2) is 36.7 Å². The molecule has 24 heavy (non-hydrogen) atoms. The van der Waals surface area contributed by atoms with E-state index < -0.39 is 23.9 Å². The average molecular weight is 339 g/mol. The predicted molar refractivity (Wildman–Crippen MR) is 79.1 cm³/mol. The second-order valence-electron chi connectivity index (χ2n) is 5.89. The summed E-state index contributed by atoms with van der Waals surface area (Å²) in [5.41, 5.74) is -0.0719. The summed E-state index contributed by atoms with van der Waals surface area (Å²) in [7, 11) is 1.67. The van der Waals surface area contributed by atoms with Crippen LogP contribution in [-0.2, 0) is 13.2 Å². The Labute approximate surface area is 136 Å². The third-order valence-corrected chi connectivity index (χ3v) is 4.09. The van der Waals surface area contributed by atoms with Gasteiger partial charge in [-0.15, -0.1) is 0 Å². The Morgan fingerprint density at radius 3 is 2.75 bits per heavy atom. The number of β-amino-alcohol motifs (C(OH)–C–C–N with tert-alkyl or cyclic N) is 1. The Kier molecular flexibility index (Phi) is 4.08. The van der Waals surface area contributed by atoms with Crippen LogP contribution in [0.5, 0.6) is 0 Å². The van der Waals surface area contributed by atoms with Crippen LogP contribution in [0.2, 0.25) is 0 Å². The second kappa shape index (κ2) is 5.94. The maximum atomic E-state index is 12.9. The average Bonchev–Trinajstić information content (AvgIpc) is 3.12. The number of alkyl halides is 3. The topological polar surface area (TPSA) is 58.4 Å². The minimum Gasteiger partial charge on any atom is -0.391 e. The van der Waals surface area contributed by atoms with Crippen molar-refractivity contribution in [1.82, 2.24) is 14.7 Å². The molecular formula is C16H16F3N3O2. The Morgan fingerprint density at radius 1 is 1.38 bits per heavy atom. The highest BCUT2D eigenvalue weighted by molar-refractivity contribution is 5.94. The molecule has 2 unspecified atom stereocenters. The van der Waals surface area contributed by atoms with Crippen LogP contribution in [0, 0.1) is 0 Å². The van der Waals surface area contributed by atoms with Crippen LogP contribution < -0.4 is 0 Å². The van der Waals surface area contributed by atoms with Crippen molar-refractivity contribution in [2.24, 2.45) is 7.05 Å². The van der Waals surface area contributed by atoms with Gasteiger partial charge in [-0.25, -0.2) is 0 Å². The maximum Gasteiger partial charge on any atom is 0.416 e. The molecule has 3 rings (SSSR count). The van der Waals surface area contributed by atoms with Crippen molar-refractivity contribution in [3.05, 3.63) is 53.3 Å². The molecule has 1 aromatic carbocycles. The highest BCUT2D eigenvalue weighted by atomic mass is 19.4. The van der Waals surface area contributed by atoms with Crippen LogP contribution in [0.1, 0.15) is 33.9 Å². The molecule has 1 saturated heterocycles. The summed E-state index contributed by atoms with van der Waals surface area (Å²) in [6.45, 7) is 0.0780. The number of carbonyl (C=O) groups excluding carboxylic acids is 1. The normalized spacial score (nSPS) is 21.3. The molecule has 1 N–H and O–H groups in total. The lowest BCUT2D eigenvalue weighted by Crippen LogP contribution is -2.31. The Bertz CT molecular complexity index is 757. The fourth-order valence-electron chi connectivity index (χ4n) is 2.97. The van der Waals surface area contributed by atoms with Crippen LogP contribution in [0.4, 0.5) is 13.2 Å². The molecule has 128 valence electrons. The number of benzene rings is 1. The maximum absolute atomic E-state index is 12.9. The predicted octanol–water partition coefficient (Wildman–Crippen LogP) is 2.39. The zero-order valence-electron chi connectivity index (χ0n) is 12.9. The van der Waals surface area contributed by atoms with Gasteiger partial charge >= 0.3 is 6.18 Å². The number of hydrogen-bond donors (Lipinski definition) is 1. The van der Waals surface area contributed by atoms with Crippen molar-refractivity contribution in [2.75, 3.05) is 6.54 Å². The standard InChI is InChI=1S/C16H16F3N3O2/c1-21-8-11(7-20-21)15(24)22-9-13(23)6-14(22)10-3-2-4-12(5-10)16(17,18)19/h2-5,7-8,13-14,23H,6,9H2,1H3. The van der Waals surface area contributed by atoms with E-state index in [0.29, 0.717) is 11.1 Å². The third kappa shape index (κ3) is 3.14. The SMILES string of the molecule is Cn1cc(C(=O)N2CC(O)CC2c2cccc(C(F)(F)F)c2)cn1. The third-order valence-electron chi connectivity index (χ3n) is 4.09. The van der Waals surface area contributed by atoms with E-state index >= 15 is 0 Å². The van der Waals surface area contributed by atoms with Crippen molar-refractivity contribution in [3.63, 3.8) is 0 Å². The van der Waals surface area contributed by atoms with Gasteiger partial charge < -0.3 is 10.0 Å². The van der Waals surface area contributed by atoms with Crippen LogP contribution in [-0.4, -0.2) is 38.3 Å². The molecule has 1 aliphatic rings. The quantitative estimate of drug-likeness (QED) is 0.914. The first-order valence-electron chi connectivity index (χ1n) is 7.40. The number of halogens is 3. The zero-order chi connectivity index (χ0) is 17.5. The molecule has 5 nitrogen and oxygen atoms in total. The summed E-state index contributed by atoms with van der Waals surface area (Å²) < 4.78 is 40.2. The lowest BCUT2D eigenvalue weighted by molar-refractivity contribution is -0.137. The molecule has 1 aromatic heterocycles. The van der Waals surface area contributed by atoms with Crippen molar-refractivity contribution >= 4 is 5.91 Å². The Hall–Kier alpha value is -2.35. The number of aromatic nitrogens is 2. The number of nitrogens with zero attached hydrogens (tertiary/aromatic N) is 3. The van der Waals surface area contributed by atoms with Gasteiger partial charge in [0.15, 0.2) is 0 Å². The number of aryl methyl sites for hydroxylation is 1. The Balaban J connectivity index is 1.92. The van der Waals surface area contributed by atoms with E-state index in [9.17, 15) is 23.1 Å². The summed E-state index contributed by atoms with van der Waals surface area (Å²) in [5, 5.41) is 13.9. The first kappa shape index (κ1) is 16.5. The van der Waals surface area contributed by atoms with E-state index in [1.807, 2.05) is 0 Å². The smallest absolute Gasteiger partial charge is 0.391 e. The lowest BCUT2D eigenvalue weighted by Gasteiger charge is -2.25. The van der Waals surface area contributed by atoms with Crippen molar-refractivity contribution in [3.8, 4) is 0 Å². The van der Waals surface area contributed by atoms with E-state index in [1.165, 1.54) is 28.0 Å². The molecule has 1 fully saturated rings. The largest absolute Gasteiger partial charge is 0.416 e. The monoisotopic (exact) mass is 339 g/mol. The molecule has 8 heteroatoms. The lowest BCUT2D eigenvalue weighted by atomic mass is 10.0. The van der Waals surface area contributed by atoms with E-state index in [1.54, 1.807) is 13.1 Å². The van der Waals surface area contributed by atoms with Gasteiger partial charge in [0, 0.05) is 19.8 Å². The van der Waals surface area contributed by atoms with E-state index in [-0.39, 0.29) is 18.9 Å². The number of rotatable bonds is 2. The summed E-state index contributed by atoms with van der Waals surface area (Å²) in [6, 6.07) is 4.28. The van der Waals surface area contributed by atoms with Gasteiger partial charge in [0.05, 0.1) is 29.5 Å². The van der Waals surface area contributed by atoms with Gasteiger partial charge in [-0.2, -0.15) is 18.3 Å². The highest BCUT2D eigenvalue weighted by Crippen LogP contribution is 2.36. The highest BCUT2D eigenvalue weighted by Gasteiger charge is 2.37. The summed E-state index contributed by atoms with van der Waals surface area (Å²) in [6.07, 6.45) is -2.09. The van der Waals surface area contributed by atoms with Gasteiger partial charge in [-0.1, -0.05) is 12.1 Å². The van der Waals surface area contributed by atoms with E-state index in [0.717, 1.165) is 12.1 Å². The second-order valence-corrected chi connectivity index (χ2v) is 5.89. The number of aliphatic hydroxyl groups excluding tert-OH is 1. The van der Waals surface area contributed by atoms with Gasteiger partial charge in [0.1, 0.15) is 0 Å². The van der Waals surface area contributed by atoms with Gasteiger partial charge in [0.2, 0.25) is 0 Å². The molecule has 0 aliphatic carbocycles. The zero-order valence-corrected chi connectivity index (χ0v) is 12.9. The summed E-state index contributed by atoms with van der Waals surface area (Å²) in [5.74, 6) is -0.359. The molecule has 0 bridgehead atoms. The number of aliphatic hydroxyl groups is 1. The Morgan fingerprint density at radius 2 is 2.12 bits per heavy atom. The minimum atomic E-state index is -4.45. The summed E-state index contributed by atoms with van der Waals surface area (Å²) >= 11 is 0. The molecule has 0 saturated carbocycles. The number of amides is 1. The molecule has 2 heterocycles. The molecule has 0 radical (unpaired) electrons. The fourth-order valence-corrected chi connectivity index (χ4v) is 2.97. The van der Waals surface area contributed by atoms with Crippen molar-refractivity contribution in [1.29, 1.82) is 0 Å². The van der Waals surface area contributed by atoms with E-state index in [2.05, 4.69) is 5.10 Å². The minimum absolute atomic E-state index is 0.0780. The first-order chi connectivity index (χ1) is 11.3. The van der Waals surface area contributed by atoms with Crippen LogP contribution >= 0.6 is 0 Å². The number of hydrogen-bond acceptors (Lipinski definition) is 3. The molecular weight excluding hydrogens is 323 g/mol. The summed E-state index contributed by atoms with van der Waals surface area (Å²) in [4.78, 5) is 14.0. The van der Waals surface area contributed by atoms with Crippen molar-refractivity contribution in [2.45, 2.75) is 24.7 Å². The van der Waals surface area contributed by atoms with Crippen molar-refractivity contribution < 1.29 is 23.1 Å². The molecule has 2 atom stereocenters. The van der Waals surface area contributed by atoms with Crippen LogP contribution in [0.25, 0.3) is 0 Å². The number of carbonyl (C=O) groups is 1. The van der Waals surface area contributed by atoms with E-state index in [4.69, 9.17) is 0 Å². The molecule has 2 aromatic rings. The molecule has 1 aliphatic heterocycles. The molecule has 0 spiro atoms. The fraction of sp³-hybridized carbons (Fsp3) is 0.375. The first-order valence-corrected chi connectivity index (χ1v) is 7.40. The van der Waals surface area contributed by atoms with Gasteiger partial charge in [0.25, 0.3) is 5.91 Å². The van der Waals surface area contributed by atoms with Gasteiger partial charge in [-0.05, 0) is 24.1 Å². The van der Waals surface area contributed by atoms with Crippen LogP contribution in [0.3, 0.4) is 0 Å². The number of likely N-dealkylation sites (tertiary alicyclic amines) is 1.